The molecule has 0 saturated heterocycles. The van der Waals surface area contributed by atoms with Crippen molar-refractivity contribution in [3.05, 3.63) is 53.7 Å². The fourth-order valence-corrected chi connectivity index (χ4v) is 4.00. The molecule has 1 heterocycles. The molecule has 0 bridgehead atoms. The molecule has 130 valence electrons. The summed E-state index contributed by atoms with van der Waals surface area (Å²) in [4.78, 5) is 5.41. The van der Waals surface area contributed by atoms with Crippen LogP contribution in [0.1, 0.15) is 44.5 Å². The zero-order valence-electron chi connectivity index (χ0n) is 14.5. The van der Waals surface area contributed by atoms with Crippen LogP contribution < -0.4 is 4.72 Å². The standard InChI is InChI=1S/C18H24N2O2S2/c1-6-7-16(20-24(21,22)18(3,4)5)14-8-10-15(11-9-14)17-13(2)19-12-23-17/h6,8-12,16,20H,1,7H2,2-5H3/t16-/m0/s1. The second kappa shape index (κ2) is 7.17. The molecule has 1 atom stereocenters. The lowest BCUT2D eigenvalue weighted by atomic mass is 10.0. The molecule has 1 N–H and O–H groups in total. The Labute approximate surface area is 148 Å². The molecule has 4 nitrogen and oxygen atoms in total. The number of sulfonamides is 1. The molecule has 0 aliphatic heterocycles. The van der Waals surface area contributed by atoms with E-state index in [-0.39, 0.29) is 6.04 Å². The third-order valence-electron chi connectivity index (χ3n) is 3.83. The number of rotatable bonds is 6. The van der Waals surface area contributed by atoms with Crippen molar-refractivity contribution in [2.75, 3.05) is 0 Å². The monoisotopic (exact) mass is 364 g/mol. The van der Waals surface area contributed by atoms with Crippen LogP contribution in [0.4, 0.5) is 0 Å². The van der Waals surface area contributed by atoms with Gasteiger partial charge in [-0.2, -0.15) is 0 Å². The van der Waals surface area contributed by atoms with Gasteiger partial charge in [0.05, 0.1) is 26.9 Å². The normalized spacial score (nSPS) is 13.7. The zero-order chi connectivity index (χ0) is 18.0. The van der Waals surface area contributed by atoms with Gasteiger partial charge in [-0.25, -0.2) is 18.1 Å². The van der Waals surface area contributed by atoms with E-state index in [2.05, 4.69) is 16.3 Å². The number of aromatic nitrogens is 1. The quantitative estimate of drug-likeness (QED) is 0.770. The Morgan fingerprint density at radius 1 is 1.29 bits per heavy atom. The van der Waals surface area contributed by atoms with Gasteiger partial charge in [0.1, 0.15) is 0 Å². The molecule has 0 saturated carbocycles. The topological polar surface area (TPSA) is 59.1 Å². The maximum Gasteiger partial charge on any atom is 0.217 e. The Kier molecular flexibility index (Phi) is 5.63. The first kappa shape index (κ1) is 18.8. The Balaban J connectivity index is 2.29. The van der Waals surface area contributed by atoms with Crippen LogP contribution in [0, 0.1) is 6.92 Å². The first-order valence-electron chi connectivity index (χ1n) is 7.79. The second-order valence-electron chi connectivity index (χ2n) is 6.70. The van der Waals surface area contributed by atoms with Crippen molar-refractivity contribution in [1.82, 2.24) is 9.71 Å². The number of hydrogen-bond acceptors (Lipinski definition) is 4. The van der Waals surface area contributed by atoms with E-state index in [1.165, 1.54) is 0 Å². The minimum atomic E-state index is -3.43. The average Bonchev–Trinajstić information content (AvgIpc) is 2.92. The van der Waals surface area contributed by atoms with Gasteiger partial charge in [-0.3, -0.25) is 0 Å². The average molecular weight is 365 g/mol. The Morgan fingerprint density at radius 2 is 1.92 bits per heavy atom. The highest BCUT2D eigenvalue weighted by molar-refractivity contribution is 7.90. The van der Waals surface area contributed by atoms with E-state index in [4.69, 9.17) is 0 Å². The van der Waals surface area contributed by atoms with Crippen LogP contribution in [0.25, 0.3) is 10.4 Å². The van der Waals surface area contributed by atoms with Crippen LogP contribution in [-0.2, 0) is 10.0 Å². The van der Waals surface area contributed by atoms with Crippen LogP contribution in [-0.4, -0.2) is 18.1 Å². The SMILES string of the molecule is C=CC[C@H](NS(=O)(=O)C(C)(C)C)c1ccc(-c2scnc2C)cc1. The van der Waals surface area contributed by atoms with Crippen LogP contribution in [0.5, 0.6) is 0 Å². The largest absolute Gasteiger partial charge is 0.249 e. The molecule has 6 heteroatoms. The summed E-state index contributed by atoms with van der Waals surface area (Å²) in [6, 6.07) is 7.64. The summed E-state index contributed by atoms with van der Waals surface area (Å²) >= 11 is 1.60. The van der Waals surface area contributed by atoms with E-state index < -0.39 is 14.8 Å². The number of thiazole rings is 1. The zero-order valence-corrected chi connectivity index (χ0v) is 16.2. The molecular weight excluding hydrogens is 340 g/mol. The predicted molar refractivity (Wildman–Crippen MR) is 102 cm³/mol. The van der Waals surface area contributed by atoms with Gasteiger partial charge in [0.15, 0.2) is 0 Å². The lowest BCUT2D eigenvalue weighted by Gasteiger charge is -2.25. The molecule has 0 unspecified atom stereocenters. The van der Waals surface area contributed by atoms with Gasteiger partial charge in [-0.1, -0.05) is 30.3 Å². The Hall–Kier alpha value is -1.50. The summed E-state index contributed by atoms with van der Waals surface area (Å²) in [7, 11) is -3.43. The highest BCUT2D eigenvalue weighted by Crippen LogP contribution is 2.29. The van der Waals surface area contributed by atoms with Crippen LogP contribution in [0.15, 0.2) is 42.4 Å². The predicted octanol–water partition coefficient (Wildman–Crippen LogP) is 4.45. The third-order valence-corrected chi connectivity index (χ3v) is 7.01. The second-order valence-corrected chi connectivity index (χ2v) is 10.0. The van der Waals surface area contributed by atoms with Gasteiger partial charge in [0.25, 0.3) is 0 Å². The van der Waals surface area contributed by atoms with Crippen LogP contribution in [0.3, 0.4) is 0 Å². The van der Waals surface area contributed by atoms with Crippen molar-refractivity contribution in [1.29, 1.82) is 0 Å². The minimum absolute atomic E-state index is 0.316. The number of nitrogens with one attached hydrogen (secondary N) is 1. The fourth-order valence-electron chi connectivity index (χ4n) is 2.23. The molecule has 24 heavy (non-hydrogen) atoms. The smallest absolute Gasteiger partial charge is 0.217 e. The number of benzene rings is 1. The maximum absolute atomic E-state index is 12.5. The summed E-state index contributed by atoms with van der Waals surface area (Å²) in [6.07, 6.45) is 2.27. The molecule has 1 aromatic heterocycles. The summed E-state index contributed by atoms with van der Waals surface area (Å²) in [6.45, 7) is 10.8. The molecule has 0 radical (unpaired) electrons. The highest BCUT2D eigenvalue weighted by Gasteiger charge is 2.31. The van der Waals surface area contributed by atoms with Gasteiger partial charge in [0.2, 0.25) is 10.0 Å². The number of aryl methyl sites for hydroxylation is 1. The van der Waals surface area contributed by atoms with Crippen molar-refractivity contribution >= 4 is 21.4 Å². The molecule has 2 aromatic rings. The molecule has 1 aromatic carbocycles. The van der Waals surface area contributed by atoms with Crippen molar-refractivity contribution < 1.29 is 8.42 Å². The highest BCUT2D eigenvalue weighted by atomic mass is 32.2. The summed E-state index contributed by atoms with van der Waals surface area (Å²) in [5, 5.41) is 0. The molecular formula is C18H24N2O2S2. The summed E-state index contributed by atoms with van der Waals surface area (Å²) < 4.78 is 26.9. The van der Waals surface area contributed by atoms with E-state index in [9.17, 15) is 8.42 Å². The Morgan fingerprint density at radius 3 is 2.38 bits per heavy atom. The maximum atomic E-state index is 12.5. The minimum Gasteiger partial charge on any atom is -0.249 e. The van der Waals surface area contributed by atoms with Gasteiger partial charge in [-0.05, 0) is 45.2 Å². The van der Waals surface area contributed by atoms with Gasteiger partial charge < -0.3 is 0 Å². The van der Waals surface area contributed by atoms with E-state index in [0.717, 1.165) is 21.7 Å². The molecule has 0 aliphatic rings. The van der Waals surface area contributed by atoms with Crippen molar-refractivity contribution in [2.24, 2.45) is 0 Å². The molecule has 2 rings (SSSR count). The number of hydrogen-bond donors (Lipinski definition) is 1. The fraction of sp³-hybridized carbons (Fsp3) is 0.389. The van der Waals surface area contributed by atoms with Crippen molar-refractivity contribution in [3.63, 3.8) is 0 Å². The van der Waals surface area contributed by atoms with Crippen LogP contribution >= 0.6 is 11.3 Å². The molecule has 0 amide bonds. The van der Waals surface area contributed by atoms with E-state index >= 15 is 0 Å². The van der Waals surface area contributed by atoms with Crippen molar-refractivity contribution in [2.45, 2.75) is 44.9 Å². The van der Waals surface area contributed by atoms with Gasteiger partial charge >= 0.3 is 0 Å². The van der Waals surface area contributed by atoms with Crippen LogP contribution in [0.2, 0.25) is 0 Å². The lowest BCUT2D eigenvalue weighted by molar-refractivity contribution is 0.525. The number of nitrogens with zero attached hydrogens (tertiary/aromatic N) is 1. The van der Waals surface area contributed by atoms with Crippen molar-refractivity contribution in [3.8, 4) is 10.4 Å². The van der Waals surface area contributed by atoms with E-state index in [0.29, 0.717) is 6.42 Å². The first-order valence-corrected chi connectivity index (χ1v) is 10.1. The van der Waals surface area contributed by atoms with Gasteiger partial charge in [-0.15, -0.1) is 17.9 Å². The lowest BCUT2D eigenvalue weighted by Crippen LogP contribution is -2.41. The Bertz CT molecular complexity index is 800. The molecule has 0 aliphatic carbocycles. The molecule has 0 spiro atoms. The summed E-state index contributed by atoms with van der Waals surface area (Å²) in [5.41, 5.74) is 4.85. The first-order chi connectivity index (χ1) is 11.2. The summed E-state index contributed by atoms with van der Waals surface area (Å²) in [5.74, 6) is 0. The third kappa shape index (κ3) is 4.12. The van der Waals surface area contributed by atoms with Gasteiger partial charge in [0, 0.05) is 0 Å². The van der Waals surface area contributed by atoms with E-state index in [1.807, 2.05) is 36.7 Å². The van der Waals surface area contributed by atoms with E-state index in [1.54, 1.807) is 38.2 Å². The molecule has 0 fully saturated rings.